The van der Waals surface area contributed by atoms with E-state index >= 15 is 0 Å². The van der Waals surface area contributed by atoms with Crippen molar-refractivity contribution in [2.75, 3.05) is 0 Å². The molecule has 0 bridgehead atoms. The molecule has 2 heterocycles. The molecule has 0 radical (unpaired) electrons. The van der Waals surface area contributed by atoms with Gasteiger partial charge in [-0.15, -0.1) is 0 Å². The molecule has 0 N–H and O–H groups in total. The summed E-state index contributed by atoms with van der Waals surface area (Å²) in [5.74, 6) is 0. The highest BCUT2D eigenvalue weighted by atomic mass is 127. The fraction of sp³-hybridized carbons (Fsp3) is 0.111. The summed E-state index contributed by atoms with van der Waals surface area (Å²) >= 11 is 2.23. The zero-order chi connectivity index (χ0) is 8.55. The molecule has 60 valence electrons. The van der Waals surface area contributed by atoms with Crippen LogP contribution in [0.2, 0.25) is 0 Å². The maximum Gasteiger partial charge on any atom is 0.110 e. The Bertz CT molecular complexity index is 389. The van der Waals surface area contributed by atoms with Crippen LogP contribution in [-0.4, -0.2) is 9.97 Å². The van der Waals surface area contributed by atoms with Crippen molar-refractivity contribution >= 4 is 33.5 Å². The molecule has 0 atom stereocenters. The first-order chi connectivity index (χ1) is 5.79. The topological polar surface area (TPSA) is 25.8 Å². The third-order valence-electron chi connectivity index (χ3n) is 1.82. The number of hydrogen-bond donors (Lipinski definition) is 0. The summed E-state index contributed by atoms with van der Waals surface area (Å²) in [6.45, 7) is 2.08. The van der Waals surface area contributed by atoms with E-state index in [9.17, 15) is 0 Å². The maximum atomic E-state index is 4.26. The van der Waals surface area contributed by atoms with Crippen molar-refractivity contribution < 1.29 is 0 Å². The molecule has 0 fully saturated rings. The Kier molecular flexibility index (Phi) is 1.96. The second-order valence-corrected chi connectivity index (χ2v) is 3.65. The molecule has 0 saturated heterocycles. The van der Waals surface area contributed by atoms with E-state index in [1.54, 1.807) is 6.20 Å². The average Bonchev–Trinajstić information content (AvgIpc) is 2.04. The Morgan fingerprint density at radius 3 is 2.67 bits per heavy atom. The second kappa shape index (κ2) is 2.97. The van der Waals surface area contributed by atoms with Crippen molar-refractivity contribution in [1.82, 2.24) is 9.97 Å². The van der Waals surface area contributed by atoms with Gasteiger partial charge in [0.25, 0.3) is 0 Å². The summed E-state index contributed by atoms with van der Waals surface area (Å²) < 4.78 is 1.02. The molecule has 2 rings (SSSR count). The van der Waals surface area contributed by atoms with E-state index in [1.807, 2.05) is 18.3 Å². The van der Waals surface area contributed by atoms with Gasteiger partial charge >= 0.3 is 0 Å². The van der Waals surface area contributed by atoms with Crippen LogP contribution in [0.5, 0.6) is 0 Å². The Morgan fingerprint density at radius 2 is 1.92 bits per heavy atom. The number of nitrogens with zero attached hydrogens (tertiary/aromatic N) is 2. The van der Waals surface area contributed by atoms with Crippen LogP contribution in [0.1, 0.15) is 5.56 Å². The Hall–Kier alpha value is -0.710. The van der Waals surface area contributed by atoms with Crippen LogP contribution in [0.3, 0.4) is 0 Å². The van der Waals surface area contributed by atoms with Gasteiger partial charge in [0.15, 0.2) is 0 Å². The van der Waals surface area contributed by atoms with Crippen LogP contribution in [0, 0.1) is 10.6 Å². The van der Waals surface area contributed by atoms with Gasteiger partial charge in [0, 0.05) is 17.8 Å². The number of aryl methyl sites for hydroxylation is 1. The summed E-state index contributed by atoms with van der Waals surface area (Å²) in [6, 6.07) is 3.94. The molecule has 3 heteroatoms. The van der Waals surface area contributed by atoms with Crippen LogP contribution < -0.4 is 0 Å². The lowest BCUT2D eigenvalue weighted by atomic mass is 10.2. The summed E-state index contributed by atoms with van der Waals surface area (Å²) in [7, 11) is 0. The zero-order valence-corrected chi connectivity index (χ0v) is 8.74. The van der Waals surface area contributed by atoms with Gasteiger partial charge in [-0.1, -0.05) is 0 Å². The van der Waals surface area contributed by atoms with Gasteiger partial charge < -0.3 is 0 Å². The van der Waals surface area contributed by atoms with Crippen LogP contribution in [0.4, 0.5) is 0 Å². The van der Waals surface area contributed by atoms with E-state index in [2.05, 4.69) is 39.5 Å². The first-order valence-corrected chi connectivity index (χ1v) is 4.73. The Morgan fingerprint density at radius 1 is 1.17 bits per heavy atom. The van der Waals surface area contributed by atoms with E-state index in [0.29, 0.717) is 0 Å². The number of halogens is 1. The SMILES string of the molecule is Cc1ccnc2ccnc(I)c12. The minimum absolute atomic E-state index is 1.02. The van der Waals surface area contributed by atoms with E-state index in [0.717, 1.165) is 9.22 Å². The zero-order valence-electron chi connectivity index (χ0n) is 6.58. The first-order valence-electron chi connectivity index (χ1n) is 3.65. The van der Waals surface area contributed by atoms with Gasteiger partial charge in [-0.25, -0.2) is 4.98 Å². The second-order valence-electron chi connectivity index (χ2n) is 2.62. The molecule has 2 aromatic rings. The minimum atomic E-state index is 1.02. The van der Waals surface area contributed by atoms with Crippen molar-refractivity contribution in [3.05, 3.63) is 33.8 Å². The molecule has 0 aromatic carbocycles. The molecule has 12 heavy (non-hydrogen) atoms. The third-order valence-corrected chi connectivity index (χ3v) is 2.63. The van der Waals surface area contributed by atoms with E-state index in [-0.39, 0.29) is 0 Å². The maximum absolute atomic E-state index is 4.26. The normalized spacial score (nSPS) is 10.5. The Balaban J connectivity index is 2.96. The monoisotopic (exact) mass is 270 g/mol. The van der Waals surface area contributed by atoms with E-state index in [1.165, 1.54) is 10.9 Å². The average molecular weight is 270 g/mol. The highest BCUT2D eigenvalue weighted by molar-refractivity contribution is 14.1. The van der Waals surface area contributed by atoms with Crippen molar-refractivity contribution in [2.45, 2.75) is 6.92 Å². The van der Waals surface area contributed by atoms with Crippen molar-refractivity contribution in [1.29, 1.82) is 0 Å². The van der Waals surface area contributed by atoms with Crippen LogP contribution in [0.25, 0.3) is 10.9 Å². The molecule has 2 nitrogen and oxygen atoms in total. The van der Waals surface area contributed by atoms with Crippen LogP contribution in [-0.2, 0) is 0 Å². The molecular formula is C9H7IN2. The van der Waals surface area contributed by atoms with Crippen molar-refractivity contribution in [3.8, 4) is 0 Å². The molecule has 0 aliphatic carbocycles. The van der Waals surface area contributed by atoms with Gasteiger partial charge in [0.2, 0.25) is 0 Å². The third kappa shape index (κ3) is 1.18. The number of rotatable bonds is 0. The molecule has 0 saturated carbocycles. The summed E-state index contributed by atoms with van der Waals surface area (Å²) in [6.07, 6.45) is 3.62. The summed E-state index contributed by atoms with van der Waals surface area (Å²) in [5.41, 5.74) is 2.26. The standard InChI is InChI=1S/C9H7IN2/c1-6-2-4-11-7-3-5-12-9(10)8(6)7/h2-5H,1H3. The number of hydrogen-bond acceptors (Lipinski definition) is 2. The lowest BCUT2D eigenvalue weighted by Gasteiger charge is -2.01. The highest BCUT2D eigenvalue weighted by Gasteiger charge is 2.01. The minimum Gasteiger partial charge on any atom is -0.256 e. The predicted octanol–water partition coefficient (Wildman–Crippen LogP) is 2.54. The van der Waals surface area contributed by atoms with Gasteiger partial charge in [-0.05, 0) is 47.2 Å². The molecular weight excluding hydrogens is 263 g/mol. The van der Waals surface area contributed by atoms with E-state index in [4.69, 9.17) is 0 Å². The van der Waals surface area contributed by atoms with Gasteiger partial charge in [0.05, 0.1) is 5.52 Å². The van der Waals surface area contributed by atoms with Gasteiger partial charge in [-0.3, -0.25) is 4.98 Å². The Labute approximate surface area is 84.2 Å². The molecule has 0 spiro atoms. The fourth-order valence-electron chi connectivity index (χ4n) is 1.21. The fourth-order valence-corrected chi connectivity index (χ4v) is 2.07. The highest BCUT2D eigenvalue weighted by Crippen LogP contribution is 2.19. The van der Waals surface area contributed by atoms with Crippen LogP contribution >= 0.6 is 22.6 Å². The molecule has 0 amide bonds. The molecule has 0 aliphatic rings. The number of aromatic nitrogens is 2. The molecule has 2 aromatic heterocycles. The summed E-state index contributed by atoms with van der Waals surface area (Å²) in [4.78, 5) is 8.47. The molecule has 0 aliphatic heterocycles. The summed E-state index contributed by atoms with van der Waals surface area (Å²) in [5, 5.41) is 1.17. The lowest BCUT2D eigenvalue weighted by Crippen LogP contribution is -1.87. The smallest absolute Gasteiger partial charge is 0.110 e. The number of fused-ring (bicyclic) bond motifs is 1. The first kappa shape index (κ1) is 7.91. The van der Waals surface area contributed by atoms with Crippen molar-refractivity contribution in [3.63, 3.8) is 0 Å². The molecule has 0 unspecified atom stereocenters. The number of pyridine rings is 2. The van der Waals surface area contributed by atoms with Crippen LogP contribution in [0.15, 0.2) is 24.5 Å². The van der Waals surface area contributed by atoms with Gasteiger partial charge in [-0.2, -0.15) is 0 Å². The predicted molar refractivity (Wildman–Crippen MR) is 57.0 cm³/mol. The van der Waals surface area contributed by atoms with Gasteiger partial charge in [0.1, 0.15) is 3.70 Å². The quantitative estimate of drug-likeness (QED) is 0.543. The van der Waals surface area contributed by atoms with Crippen molar-refractivity contribution in [2.24, 2.45) is 0 Å². The van der Waals surface area contributed by atoms with E-state index < -0.39 is 0 Å². The lowest BCUT2D eigenvalue weighted by molar-refractivity contribution is 1.26. The largest absolute Gasteiger partial charge is 0.256 e.